The van der Waals surface area contributed by atoms with Crippen LogP contribution in [0.2, 0.25) is 0 Å². The number of hydrogen-bond donors (Lipinski definition) is 1. The molecule has 4 nitrogen and oxygen atoms in total. The van der Waals surface area contributed by atoms with Gasteiger partial charge < -0.3 is 15.0 Å². The van der Waals surface area contributed by atoms with Crippen LogP contribution in [0.15, 0.2) is 4.99 Å². The van der Waals surface area contributed by atoms with Crippen LogP contribution in [0.3, 0.4) is 0 Å². The van der Waals surface area contributed by atoms with E-state index in [0.29, 0.717) is 10.2 Å². The molecule has 0 aromatic heterocycles. The van der Waals surface area contributed by atoms with E-state index in [0.717, 1.165) is 45.2 Å². The van der Waals surface area contributed by atoms with Crippen molar-refractivity contribution in [2.24, 2.45) is 10.4 Å². The van der Waals surface area contributed by atoms with Crippen molar-refractivity contribution in [3.05, 3.63) is 0 Å². The topological polar surface area (TPSA) is 36.9 Å². The van der Waals surface area contributed by atoms with Crippen LogP contribution in [0.25, 0.3) is 0 Å². The molecule has 1 heterocycles. The molecule has 0 aromatic rings. The van der Waals surface area contributed by atoms with Gasteiger partial charge in [0, 0.05) is 50.4 Å². The van der Waals surface area contributed by atoms with Gasteiger partial charge in [-0.15, -0.1) is 24.0 Å². The SMILES string of the molecule is CCNC(=NCC1(CCOC)CCCC1)N1CCSC(C)(C)C1.I. The molecule has 0 bridgehead atoms. The third-order valence-electron chi connectivity index (χ3n) is 5.13. The second-order valence-corrected chi connectivity index (χ2v) is 9.45. The van der Waals surface area contributed by atoms with Gasteiger partial charge in [-0.05, 0) is 45.4 Å². The summed E-state index contributed by atoms with van der Waals surface area (Å²) >= 11 is 2.07. The highest BCUT2D eigenvalue weighted by Crippen LogP contribution is 2.41. The first kappa shape index (κ1) is 22.4. The van der Waals surface area contributed by atoms with Crippen molar-refractivity contribution in [2.45, 2.75) is 57.6 Å². The molecule has 1 saturated heterocycles. The number of rotatable bonds is 6. The Hall–Kier alpha value is 0.310. The van der Waals surface area contributed by atoms with Gasteiger partial charge in [-0.2, -0.15) is 11.8 Å². The van der Waals surface area contributed by atoms with E-state index in [1.165, 1.54) is 31.4 Å². The average molecular weight is 469 g/mol. The molecule has 1 N–H and O–H groups in total. The number of hydrogen-bond acceptors (Lipinski definition) is 3. The first-order valence-corrected chi connectivity index (χ1v) is 10.1. The van der Waals surface area contributed by atoms with Gasteiger partial charge in [-0.3, -0.25) is 4.99 Å². The minimum atomic E-state index is 0. The van der Waals surface area contributed by atoms with E-state index in [1.807, 2.05) is 7.11 Å². The molecule has 0 amide bonds. The molecule has 2 rings (SSSR count). The van der Waals surface area contributed by atoms with Gasteiger partial charge >= 0.3 is 0 Å². The van der Waals surface area contributed by atoms with Crippen molar-refractivity contribution in [3.63, 3.8) is 0 Å². The first-order valence-electron chi connectivity index (χ1n) is 9.16. The average Bonchev–Trinajstić information content (AvgIpc) is 2.97. The van der Waals surface area contributed by atoms with Crippen molar-refractivity contribution in [3.8, 4) is 0 Å². The normalized spacial score (nSPS) is 23.0. The second kappa shape index (κ2) is 10.5. The predicted molar refractivity (Wildman–Crippen MR) is 117 cm³/mol. The first-order chi connectivity index (χ1) is 11.0. The fourth-order valence-electron chi connectivity index (χ4n) is 3.80. The minimum Gasteiger partial charge on any atom is -0.385 e. The van der Waals surface area contributed by atoms with Crippen LogP contribution in [0.4, 0.5) is 0 Å². The van der Waals surface area contributed by atoms with E-state index in [1.54, 1.807) is 0 Å². The molecular weight excluding hydrogens is 433 g/mol. The third-order valence-corrected chi connectivity index (χ3v) is 6.42. The highest BCUT2D eigenvalue weighted by atomic mass is 127. The number of guanidine groups is 1. The fraction of sp³-hybridized carbons (Fsp3) is 0.944. The Morgan fingerprint density at radius 1 is 1.29 bits per heavy atom. The number of methoxy groups -OCH3 is 1. The largest absolute Gasteiger partial charge is 0.385 e. The molecular formula is C18H36IN3OS. The van der Waals surface area contributed by atoms with Crippen LogP contribution >= 0.6 is 35.7 Å². The molecule has 0 aromatic carbocycles. The standard InChI is InChI=1S/C18H35N3OS.HI/c1-5-19-16(21-11-13-23-17(2,3)15-21)20-14-18(10-12-22-4)8-6-7-9-18;/h5-15H2,1-4H3,(H,19,20);1H. The minimum absolute atomic E-state index is 0. The molecule has 1 aliphatic carbocycles. The smallest absolute Gasteiger partial charge is 0.194 e. The van der Waals surface area contributed by atoms with Crippen LogP contribution in [-0.2, 0) is 4.74 Å². The van der Waals surface area contributed by atoms with E-state index in [-0.39, 0.29) is 24.0 Å². The Kier molecular flexibility index (Phi) is 9.74. The van der Waals surface area contributed by atoms with E-state index in [2.05, 4.69) is 42.7 Å². The van der Waals surface area contributed by atoms with Crippen LogP contribution in [-0.4, -0.2) is 61.3 Å². The molecule has 0 atom stereocenters. The zero-order chi connectivity index (χ0) is 16.8. The summed E-state index contributed by atoms with van der Waals surface area (Å²) in [6.07, 6.45) is 6.46. The Bertz CT molecular complexity index is 398. The van der Waals surface area contributed by atoms with Crippen molar-refractivity contribution < 1.29 is 4.74 Å². The zero-order valence-electron chi connectivity index (χ0n) is 15.9. The van der Waals surface area contributed by atoms with Gasteiger partial charge in [0.25, 0.3) is 0 Å². The molecule has 2 aliphatic rings. The summed E-state index contributed by atoms with van der Waals surface area (Å²) in [5.74, 6) is 2.30. The van der Waals surface area contributed by atoms with E-state index >= 15 is 0 Å². The lowest BCUT2D eigenvalue weighted by Crippen LogP contribution is -2.51. The summed E-state index contributed by atoms with van der Waals surface area (Å²) in [6.45, 7) is 11.8. The predicted octanol–water partition coefficient (Wildman–Crippen LogP) is 3.99. The monoisotopic (exact) mass is 469 g/mol. The Labute approximate surface area is 170 Å². The molecule has 0 unspecified atom stereocenters. The third kappa shape index (κ3) is 6.56. The van der Waals surface area contributed by atoms with Crippen LogP contribution in [0, 0.1) is 5.41 Å². The van der Waals surface area contributed by atoms with Crippen LogP contribution in [0.5, 0.6) is 0 Å². The lowest BCUT2D eigenvalue weighted by atomic mass is 9.83. The zero-order valence-corrected chi connectivity index (χ0v) is 19.0. The maximum Gasteiger partial charge on any atom is 0.194 e. The molecule has 0 radical (unpaired) electrons. The highest BCUT2D eigenvalue weighted by molar-refractivity contribution is 14.0. The summed E-state index contributed by atoms with van der Waals surface area (Å²) in [4.78, 5) is 7.53. The molecule has 24 heavy (non-hydrogen) atoms. The van der Waals surface area contributed by atoms with Crippen molar-refractivity contribution in [2.75, 3.05) is 45.6 Å². The molecule has 142 valence electrons. The summed E-state index contributed by atoms with van der Waals surface area (Å²) in [5, 5.41) is 3.52. The Balaban J connectivity index is 0.00000288. The van der Waals surface area contributed by atoms with Crippen LogP contribution in [0.1, 0.15) is 52.9 Å². The number of nitrogens with zero attached hydrogens (tertiary/aromatic N) is 2. The van der Waals surface area contributed by atoms with Gasteiger partial charge in [0.1, 0.15) is 0 Å². The van der Waals surface area contributed by atoms with Gasteiger partial charge in [-0.25, -0.2) is 0 Å². The van der Waals surface area contributed by atoms with E-state index in [9.17, 15) is 0 Å². The summed E-state index contributed by atoms with van der Waals surface area (Å²) in [7, 11) is 1.81. The maximum absolute atomic E-state index is 5.35. The highest BCUT2D eigenvalue weighted by Gasteiger charge is 2.34. The molecule has 1 aliphatic heterocycles. The lowest BCUT2D eigenvalue weighted by molar-refractivity contribution is 0.141. The number of nitrogens with one attached hydrogen (secondary N) is 1. The Morgan fingerprint density at radius 3 is 2.58 bits per heavy atom. The molecule has 0 spiro atoms. The quantitative estimate of drug-likeness (QED) is 0.363. The Morgan fingerprint density at radius 2 is 2.00 bits per heavy atom. The molecule has 1 saturated carbocycles. The van der Waals surface area contributed by atoms with Gasteiger partial charge in [0.05, 0.1) is 0 Å². The lowest BCUT2D eigenvalue weighted by Gasteiger charge is -2.39. The van der Waals surface area contributed by atoms with Crippen molar-refractivity contribution >= 4 is 41.7 Å². The number of thioether (sulfide) groups is 1. The molecule has 2 fully saturated rings. The van der Waals surface area contributed by atoms with Gasteiger partial charge in [0.2, 0.25) is 0 Å². The van der Waals surface area contributed by atoms with Crippen molar-refractivity contribution in [1.82, 2.24) is 10.2 Å². The van der Waals surface area contributed by atoms with Gasteiger partial charge in [0.15, 0.2) is 5.96 Å². The van der Waals surface area contributed by atoms with E-state index in [4.69, 9.17) is 9.73 Å². The van der Waals surface area contributed by atoms with Gasteiger partial charge in [-0.1, -0.05) is 12.8 Å². The maximum atomic E-state index is 5.35. The van der Waals surface area contributed by atoms with Crippen LogP contribution < -0.4 is 5.32 Å². The number of halogens is 1. The number of aliphatic imine (C=N–C) groups is 1. The molecule has 6 heteroatoms. The summed E-state index contributed by atoms with van der Waals surface area (Å²) < 4.78 is 5.66. The van der Waals surface area contributed by atoms with E-state index < -0.39 is 0 Å². The fourth-order valence-corrected chi connectivity index (χ4v) is 4.91. The van der Waals surface area contributed by atoms with Crippen molar-refractivity contribution in [1.29, 1.82) is 0 Å². The second-order valence-electron chi connectivity index (χ2n) is 7.65. The summed E-state index contributed by atoms with van der Waals surface area (Å²) in [5.41, 5.74) is 0.372. The summed E-state index contributed by atoms with van der Waals surface area (Å²) in [6, 6.07) is 0. The number of ether oxygens (including phenoxy) is 1.